The van der Waals surface area contributed by atoms with Gasteiger partial charge in [0.25, 0.3) is 5.78 Å². The molecule has 2 aromatic rings. The highest BCUT2D eigenvalue weighted by molar-refractivity contribution is 6.00. The summed E-state index contributed by atoms with van der Waals surface area (Å²) in [6.07, 6.45) is -2.30. The van der Waals surface area contributed by atoms with Gasteiger partial charge in [-0.15, -0.1) is 0 Å². The number of hydrogen-bond acceptors (Lipinski definition) is 1. The van der Waals surface area contributed by atoms with E-state index in [0.717, 1.165) is 17.8 Å². The molecule has 0 unspecified atom stereocenters. The fourth-order valence-corrected chi connectivity index (χ4v) is 1.59. The highest BCUT2D eigenvalue weighted by atomic mass is 19.4. The molecule has 0 spiro atoms. The van der Waals surface area contributed by atoms with Gasteiger partial charge in [0.1, 0.15) is 0 Å². The van der Waals surface area contributed by atoms with E-state index in [9.17, 15) is 18.0 Å². The molecule has 0 saturated carbocycles. The highest BCUT2D eigenvalue weighted by Crippen LogP contribution is 2.21. The minimum absolute atomic E-state index is 0.222. The summed E-state index contributed by atoms with van der Waals surface area (Å²) < 4.78 is 38.1. The average Bonchev–Trinajstić information content (AvgIpc) is 2.87. The van der Waals surface area contributed by atoms with Crippen LogP contribution in [0.4, 0.5) is 13.2 Å². The Hall–Kier alpha value is -2.48. The number of nitrogens with zero attached hydrogens (tertiary/aromatic N) is 1. The predicted octanol–water partition coefficient (Wildman–Crippen LogP) is 3.28. The first kappa shape index (κ1) is 13.9. The zero-order chi connectivity index (χ0) is 14.6. The minimum atomic E-state index is -4.85. The van der Waals surface area contributed by atoms with Crippen LogP contribution in [0.5, 0.6) is 0 Å². The predicted molar refractivity (Wildman–Crippen MR) is 68.1 cm³/mol. The van der Waals surface area contributed by atoms with Gasteiger partial charge in [-0.1, -0.05) is 30.0 Å². The summed E-state index contributed by atoms with van der Waals surface area (Å²) in [6, 6.07) is 10.4. The number of ketones is 1. The van der Waals surface area contributed by atoms with E-state index in [0.29, 0.717) is 0 Å². The van der Waals surface area contributed by atoms with Crippen LogP contribution in [0.15, 0.2) is 48.8 Å². The van der Waals surface area contributed by atoms with Crippen molar-refractivity contribution >= 4 is 5.78 Å². The molecule has 0 bridgehead atoms. The maximum Gasteiger partial charge on any atom is 0.454 e. The van der Waals surface area contributed by atoms with Crippen molar-refractivity contribution in [3.05, 3.63) is 59.9 Å². The van der Waals surface area contributed by atoms with E-state index in [1.165, 1.54) is 10.8 Å². The van der Waals surface area contributed by atoms with Crippen molar-refractivity contribution in [2.24, 2.45) is 0 Å². The number of carbonyl (C=O) groups is 1. The van der Waals surface area contributed by atoms with Crippen LogP contribution in [0.3, 0.4) is 0 Å². The van der Waals surface area contributed by atoms with Crippen molar-refractivity contribution in [1.82, 2.24) is 4.57 Å². The van der Waals surface area contributed by atoms with Gasteiger partial charge in [-0.25, -0.2) is 0 Å². The monoisotopic (exact) mass is 277 g/mol. The average molecular weight is 277 g/mol. The molecule has 1 aromatic heterocycles. The lowest BCUT2D eigenvalue weighted by atomic mass is 10.2. The third-order valence-electron chi connectivity index (χ3n) is 2.54. The van der Waals surface area contributed by atoms with Crippen LogP contribution < -0.4 is 0 Å². The van der Waals surface area contributed by atoms with Crippen molar-refractivity contribution < 1.29 is 18.0 Å². The molecule has 0 N–H and O–H groups in total. The molecule has 0 aliphatic rings. The largest absolute Gasteiger partial charge is 0.454 e. The molecule has 1 heterocycles. The molecular formula is C15H10F3NO. The second-order valence-electron chi connectivity index (χ2n) is 4.07. The zero-order valence-electron chi connectivity index (χ0n) is 10.3. The Bertz CT molecular complexity index is 660. The van der Waals surface area contributed by atoms with Crippen LogP contribution >= 0.6 is 0 Å². The van der Waals surface area contributed by atoms with E-state index in [4.69, 9.17) is 0 Å². The Morgan fingerprint density at radius 3 is 2.50 bits per heavy atom. The number of Topliss-reactive ketones (excluding diaryl/α,β-unsaturated/α-hetero) is 1. The molecule has 0 radical (unpaired) electrons. The first-order chi connectivity index (χ1) is 9.47. The molecule has 5 heteroatoms. The van der Waals surface area contributed by atoms with Gasteiger partial charge in [0, 0.05) is 23.5 Å². The number of carbonyl (C=O) groups excluding carboxylic acids is 1. The minimum Gasteiger partial charge on any atom is -0.342 e. The molecule has 0 atom stereocenters. The lowest BCUT2D eigenvalue weighted by Gasteiger charge is -2.01. The lowest BCUT2D eigenvalue weighted by Crippen LogP contribution is -2.22. The molecule has 1 aromatic carbocycles. The normalized spacial score (nSPS) is 10.8. The lowest BCUT2D eigenvalue weighted by molar-refractivity contribution is -0.0885. The number of halogens is 3. The molecule has 0 fully saturated rings. The summed E-state index contributed by atoms with van der Waals surface area (Å²) >= 11 is 0. The third-order valence-corrected chi connectivity index (χ3v) is 2.54. The maximum absolute atomic E-state index is 12.2. The Balaban J connectivity index is 2.04. The Morgan fingerprint density at radius 1 is 1.15 bits per heavy atom. The summed E-state index contributed by atoms with van der Waals surface area (Å²) in [7, 11) is 0. The summed E-state index contributed by atoms with van der Waals surface area (Å²) in [6.45, 7) is 0.222. The maximum atomic E-state index is 12.2. The van der Waals surface area contributed by atoms with Gasteiger partial charge in [0.2, 0.25) is 0 Å². The van der Waals surface area contributed by atoms with Gasteiger partial charge in [0.05, 0.1) is 6.54 Å². The van der Waals surface area contributed by atoms with E-state index < -0.39 is 12.0 Å². The van der Waals surface area contributed by atoms with Gasteiger partial charge >= 0.3 is 6.18 Å². The van der Waals surface area contributed by atoms with Crippen molar-refractivity contribution in [2.45, 2.75) is 12.7 Å². The smallest absolute Gasteiger partial charge is 0.342 e. The van der Waals surface area contributed by atoms with Gasteiger partial charge in [-0.3, -0.25) is 4.79 Å². The Kier molecular flexibility index (Phi) is 3.94. The molecule has 0 saturated heterocycles. The molecule has 2 nitrogen and oxygen atoms in total. The van der Waals surface area contributed by atoms with Crippen LogP contribution in [0.1, 0.15) is 15.9 Å². The second kappa shape index (κ2) is 5.66. The second-order valence-corrected chi connectivity index (χ2v) is 4.07. The summed E-state index contributed by atoms with van der Waals surface area (Å²) in [5, 5.41) is 0. The van der Waals surface area contributed by atoms with Crippen LogP contribution in [0.2, 0.25) is 0 Å². The molecule has 102 valence electrons. The molecule has 0 aliphatic carbocycles. The third kappa shape index (κ3) is 3.51. The van der Waals surface area contributed by atoms with Gasteiger partial charge < -0.3 is 4.57 Å². The number of rotatable bonds is 2. The zero-order valence-corrected chi connectivity index (χ0v) is 10.3. The van der Waals surface area contributed by atoms with Crippen molar-refractivity contribution in [3.8, 4) is 11.8 Å². The fraction of sp³-hybridized carbons (Fsp3) is 0.133. The molecule has 0 amide bonds. The van der Waals surface area contributed by atoms with Crippen molar-refractivity contribution in [3.63, 3.8) is 0 Å². The van der Waals surface area contributed by atoms with Gasteiger partial charge in [-0.2, -0.15) is 13.2 Å². The van der Waals surface area contributed by atoms with E-state index in [1.807, 2.05) is 30.3 Å². The number of benzene rings is 1. The Labute approximate surface area is 113 Å². The van der Waals surface area contributed by atoms with Crippen molar-refractivity contribution in [1.29, 1.82) is 0 Å². The topological polar surface area (TPSA) is 22.0 Å². The molecule has 2 rings (SSSR count). The molecular weight excluding hydrogens is 267 g/mol. The van der Waals surface area contributed by atoms with Crippen LogP contribution in [-0.4, -0.2) is 16.5 Å². The van der Waals surface area contributed by atoms with Crippen molar-refractivity contribution in [2.75, 3.05) is 0 Å². The quantitative estimate of drug-likeness (QED) is 0.610. The van der Waals surface area contributed by atoms with Crippen LogP contribution in [-0.2, 0) is 6.54 Å². The van der Waals surface area contributed by atoms with Gasteiger partial charge in [-0.05, 0) is 18.2 Å². The molecule has 0 aliphatic heterocycles. The first-order valence-corrected chi connectivity index (χ1v) is 5.78. The SMILES string of the molecule is O=C(c1ccn(CC#Cc2ccccc2)c1)C(F)(F)F. The number of aromatic nitrogens is 1. The standard InChI is InChI=1S/C15H10F3NO/c16-15(17,18)14(20)13-8-10-19(11-13)9-4-7-12-5-2-1-3-6-12/h1-3,5-6,8,10-11H,9H2. The van der Waals surface area contributed by atoms with Crippen LogP contribution in [0.25, 0.3) is 0 Å². The van der Waals surface area contributed by atoms with E-state index in [-0.39, 0.29) is 12.1 Å². The van der Waals surface area contributed by atoms with E-state index in [1.54, 1.807) is 0 Å². The fourth-order valence-electron chi connectivity index (χ4n) is 1.59. The summed E-state index contributed by atoms with van der Waals surface area (Å²) in [5.41, 5.74) is 0.449. The summed E-state index contributed by atoms with van der Waals surface area (Å²) in [4.78, 5) is 11.0. The van der Waals surface area contributed by atoms with E-state index in [2.05, 4.69) is 11.8 Å². The van der Waals surface area contributed by atoms with Crippen LogP contribution in [0, 0.1) is 11.8 Å². The highest BCUT2D eigenvalue weighted by Gasteiger charge is 2.39. The molecule has 20 heavy (non-hydrogen) atoms. The van der Waals surface area contributed by atoms with E-state index >= 15 is 0 Å². The number of alkyl halides is 3. The Morgan fingerprint density at radius 2 is 1.85 bits per heavy atom. The first-order valence-electron chi connectivity index (χ1n) is 5.78. The summed E-state index contributed by atoms with van der Waals surface area (Å²) in [5.74, 6) is 3.87. The number of hydrogen-bond donors (Lipinski definition) is 0. The van der Waals surface area contributed by atoms with Gasteiger partial charge in [0.15, 0.2) is 0 Å².